The zero-order chi connectivity index (χ0) is 18.6. The Morgan fingerprint density at radius 3 is 2.33 bits per heavy atom. The van der Waals surface area contributed by atoms with Gasteiger partial charge in [0.05, 0.1) is 0 Å². The second kappa shape index (κ2) is 7.58. The van der Waals surface area contributed by atoms with Crippen LogP contribution in [-0.2, 0) is 4.79 Å². The Labute approximate surface area is 158 Å². The minimum Gasteiger partial charge on any atom is -0.508 e. The van der Waals surface area contributed by atoms with Gasteiger partial charge in [0.25, 0.3) is 5.91 Å². The van der Waals surface area contributed by atoms with Crippen LogP contribution in [0.4, 0.5) is 5.69 Å². The molecule has 0 radical (unpaired) electrons. The van der Waals surface area contributed by atoms with Crippen molar-refractivity contribution in [3.05, 3.63) is 66.7 Å². The average Bonchev–Trinajstić information content (AvgIpc) is 2.72. The molecule has 5 heteroatoms. The summed E-state index contributed by atoms with van der Waals surface area (Å²) in [6, 6.07) is 21.1. The molecule has 1 N–H and O–H groups in total. The van der Waals surface area contributed by atoms with Crippen LogP contribution in [-0.4, -0.2) is 48.7 Å². The van der Waals surface area contributed by atoms with Gasteiger partial charge in [-0.15, -0.1) is 0 Å². The minimum atomic E-state index is 0.00788. The third-order valence-electron chi connectivity index (χ3n) is 4.93. The highest BCUT2D eigenvalue weighted by Gasteiger charge is 2.21. The maximum absolute atomic E-state index is 12.5. The molecule has 138 valence electrons. The minimum absolute atomic E-state index is 0.00788. The smallest absolute Gasteiger partial charge is 0.260 e. The lowest BCUT2D eigenvalue weighted by Crippen LogP contribution is -2.50. The normalized spacial score (nSPS) is 14.4. The SMILES string of the molecule is O=C(COc1ccc2ccccc2c1)N1CCN(c2ccc(O)cc2)CC1. The van der Waals surface area contributed by atoms with Gasteiger partial charge in [0.15, 0.2) is 6.61 Å². The van der Waals surface area contributed by atoms with E-state index in [1.807, 2.05) is 53.4 Å². The molecule has 0 aliphatic carbocycles. The summed E-state index contributed by atoms with van der Waals surface area (Å²) in [6.07, 6.45) is 0. The maximum atomic E-state index is 12.5. The van der Waals surface area contributed by atoms with E-state index in [9.17, 15) is 9.90 Å². The number of nitrogens with zero attached hydrogens (tertiary/aromatic N) is 2. The number of rotatable bonds is 4. The summed E-state index contributed by atoms with van der Waals surface area (Å²) in [4.78, 5) is 16.5. The molecule has 1 fully saturated rings. The van der Waals surface area contributed by atoms with Crippen LogP contribution in [0.5, 0.6) is 11.5 Å². The molecule has 5 nitrogen and oxygen atoms in total. The quantitative estimate of drug-likeness (QED) is 0.774. The molecule has 3 aromatic rings. The van der Waals surface area contributed by atoms with Crippen molar-refractivity contribution < 1.29 is 14.6 Å². The van der Waals surface area contributed by atoms with E-state index in [0.29, 0.717) is 18.8 Å². The van der Waals surface area contributed by atoms with Crippen molar-refractivity contribution in [3.8, 4) is 11.5 Å². The number of carbonyl (C=O) groups excluding carboxylic acids is 1. The number of fused-ring (bicyclic) bond motifs is 1. The fourth-order valence-corrected chi connectivity index (χ4v) is 3.37. The van der Waals surface area contributed by atoms with Crippen molar-refractivity contribution in [3.63, 3.8) is 0 Å². The molecule has 1 aliphatic heterocycles. The van der Waals surface area contributed by atoms with Crippen molar-refractivity contribution >= 4 is 22.4 Å². The molecular formula is C22H22N2O3. The second-order valence-corrected chi connectivity index (χ2v) is 6.68. The van der Waals surface area contributed by atoms with Crippen LogP contribution in [0.2, 0.25) is 0 Å². The van der Waals surface area contributed by atoms with Crippen molar-refractivity contribution in [2.24, 2.45) is 0 Å². The number of anilines is 1. The first-order valence-electron chi connectivity index (χ1n) is 9.12. The molecule has 0 aromatic heterocycles. The zero-order valence-corrected chi connectivity index (χ0v) is 15.0. The third kappa shape index (κ3) is 3.97. The molecule has 1 saturated heterocycles. The monoisotopic (exact) mass is 362 g/mol. The number of phenols is 1. The first kappa shape index (κ1) is 17.2. The summed E-state index contributed by atoms with van der Waals surface area (Å²) in [6.45, 7) is 2.93. The molecule has 1 aliphatic rings. The van der Waals surface area contributed by atoms with E-state index >= 15 is 0 Å². The Morgan fingerprint density at radius 2 is 1.59 bits per heavy atom. The number of aromatic hydroxyl groups is 1. The molecule has 27 heavy (non-hydrogen) atoms. The fraction of sp³-hybridized carbons (Fsp3) is 0.227. The lowest BCUT2D eigenvalue weighted by Gasteiger charge is -2.36. The first-order valence-corrected chi connectivity index (χ1v) is 9.12. The van der Waals surface area contributed by atoms with Gasteiger partial charge in [-0.25, -0.2) is 0 Å². The van der Waals surface area contributed by atoms with Gasteiger partial charge in [0.1, 0.15) is 11.5 Å². The fourth-order valence-electron chi connectivity index (χ4n) is 3.37. The van der Waals surface area contributed by atoms with E-state index < -0.39 is 0 Å². The van der Waals surface area contributed by atoms with Crippen molar-refractivity contribution in [2.45, 2.75) is 0 Å². The van der Waals surface area contributed by atoms with E-state index in [4.69, 9.17) is 4.74 Å². The number of phenolic OH excluding ortho intramolecular Hbond substituents is 1. The Bertz CT molecular complexity index is 932. The standard InChI is InChI=1S/C22H22N2O3/c25-20-8-6-19(7-9-20)23-11-13-24(14-12-23)22(26)16-27-21-10-5-17-3-1-2-4-18(17)15-21/h1-10,15,25H,11-14,16H2. The van der Waals surface area contributed by atoms with Gasteiger partial charge in [-0.05, 0) is 47.2 Å². The molecule has 0 saturated carbocycles. The van der Waals surface area contributed by atoms with Crippen LogP contribution in [0.1, 0.15) is 0 Å². The second-order valence-electron chi connectivity index (χ2n) is 6.68. The molecule has 0 bridgehead atoms. The highest BCUT2D eigenvalue weighted by atomic mass is 16.5. The van der Waals surface area contributed by atoms with E-state index in [2.05, 4.69) is 11.0 Å². The molecule has 0 unspecified atom stereocenters. The number of carbonyl (C=O) groups is 1. The highest BCUT2D eigenvalue weighted by Crippen LogP contribution is 2.21. The Hall–Kier alpha value is -3.21. The molecule has 0 spiro atoms. The summed E-state index contributed by atoms with van der Waals surface area (Å²) < 4.78 is 5.72. The number of benzene rings is 3. The summed E-state index contributed by atoms with van der Waals surface area (Å²) >= 11 is 0. The lowest BCUT2D eigenvalue weighted by atomic mass is 10.1. The van der Waals surface area contributed by atoms with Crippen molar-refractivity contribution in [1.82, 2.24) is 4.90 Å². The van der Waals surface area contributed by atoms with Crippen LogP contribution < -0.4 is 9.64 Å². The van der Waals surface area contributed by atoms with Crippen LogP contribution in [0, 0.1) is 0 Å². The highest BCUT2D eigenvalue weighted by molar-refractivity contribution is 5.84. The predicted octanol–water partition coefficient (Wildman–Crippen LogP) is 3.27. The molecule has 0 atom stereocenters. The van der Waals surface area contributed by atoms with Crippen LogP contribution in [0.3, 0.4) is 0 Å². The summed E-state index contributed by atoms with van der Waals surface area (Å²) in [5.74, 6) is 0.983. The van der Waals surface area contributed by atoms with E-state index in [0.717, 1.165) is 29.5 Å². The molecule has 3 aromatic carbocycles. The van der Waals surface area contributed by atoms with Gasteiger partial charge >= 0.3 is 0 Å². The topological polar surface area (TPSA) is 53.0 Å². The summed E-state index contributed by atoms with van der Waals surface area (Å²) in [5, 5.41) is 11.7. The van der Waals surface area contributed by atoms with Crippen LogP contribution in [0.15, 0.2) is 66.7 Å². The number of hydrogen-bond acceptors (Lipinski definition) is 4. The van der Waals surface area contributed by atoms with Gasteiger partial charge < -0.3 is 19.6 Å². The maximum Gasteiger partial charge on any atom is 0.260 e. The first-order chi connectivity index (χ1) is 13.2. The van der Waals surface area contributed by atoms with Gasteiger partial charge in [-0.1, -0.05) is 30.3 Å². The molecular weight excluding hydrogens is 340 g/mol. The van der Waals surface area contributed by atoms with E-state index in [1.54, 1.807) is 12.1 Å². The molecule has 1 heterocycles. The van der Waals surface area contributed by atoms with E-state index in [1.165, 1.54) is 0 Å². The molecule has 1 amide bonds. The average molecular weight is 362 g/mol. The number of amides is 1. The molecule has 4 rings (SSSR count). The van der Waals surface area contributed by atoms with Crippen molar-refractivity contribution in [2.75, 3.05) is 37.7 Å². The van der Waals surface area contributed by atoms with Gasteiger partial charge in [0.2, 0.25) is 0 Å². The Balaban J connectivity index is 1.30. The van der Waals surface area contributed by atoms with Crippen LogP contribution >= 0.6 is 0 Å². The predicted molar refractivity (Wildman–Crippen MR) is 106 cm³/mol. The largest absolute Gasteiger partial charge is 0.508 e. The zero-order valence-electron chi connectivity index (χ0n) is 15.0. The number of ether oxygens (including phenoxy) is 1. The summed E-state index contributed by atoms with van der Waals surface area (Å²) in [5.41, 5.74) is 1.06. The number of hydrogen-bond donors (Lipinski definition) is 1. The van der Waals surface area contributed by atoms with Gasteiger partial charge in [-0.2, -0.15) is 0 Å². The Morgan fingerprint density at radius 1 is 0.889 bits per heavy atom. The number of piperazine rings is 1. The lowest BCUT2D eigenvalue weighted by molar-refractivity contribution is -0.133. The van der Waals surface area contributed by atoms with E-state index in [-0.39, 0.29) is 18.3 Å². The third-order valence-corrected chi connectivity index (χ3v) is 4.93. The van der Waals surface area contributed by atoms with Crippen LogP contribution in [0.25, 0.3) is 10.8 Å². The van der Waals surface area contributed by atoms with Crippen molar-refractivity contribution in [1.29, 1.82) is 0 Å². The Kier molecular flexibility index (Phi) is 4.83. The summed E-state index contributed by atoms with van der Waals surface area (Å²) in [7, 11) is 0. The van der Waals surface area contributed by atoms with Gasteiger partial charge in [0, 0.05) is 31.9 Å². The van der Waals surface area contributed by atoms with Gasteiger partial charge in [-0.3, -0.25) is 4.79 Å².